The van der Waals surface area contributed by atoms with E-state index in [1.165, 1.54) is 0 Å². The number of hydrogen-bond acceptors (Lipinski definition) is 2. The van der Waals surface area contributed by atoms with Gasteiger partial charge in [-0.05, 0) is 18.9 Å². The summed E-state index contributed by atoms with van der Waals surface area (Å²) in [5, 5.41) is 0. The molecule has 0 saturated heterocycles. The highest BCUT2D eigenvalue weighted by atomic mass is 16.5. The fraction of sp³-hybridized carbons (Fsp3) is 0.333. The van der Waals surface area contributed by atoms with Gasteiger partial charge in [-0.2, -0.15) is 0 Å². The number of hydrogen-bond donors (Lipinski definition) is 1. The lowest BCUT2D eigenvalue weighted by molar-refractivity contribution is 0.404. The molecule has 76 valence electrons. The van der Waals surface area contributed by atoms with E-state index in [2.05, 4.69) is 6.58 Å². The van der Waals surface area contributed by atoms with E-state index in [1.54, 1.807) is 7.11 Å². The molecule has 2 N–H and O–H groups in total. The average Bonchev–Trinajstić information content (AvgIpc) is 2.25. The summed E-state index contributed by atoms with van der Waals surface area (Å²) in [5.74, 6) is 0.865. The largest absolute Gasteiger partial charge is 0.496 e. The topological polar surface area (TPSA) is 35.2 Å². The Hall–Kier alpha value is -1.28. The summed E-state index contributed by atoms with van der Waals surface area (Å²) in [6, 6.07) is 7.90. The first-order valence-electron chi connectivity index (χ1n) is 4.79. The molecule has 0 radical (unpaired) electrons. The van der Waals surface area contributed by atoms with Crippen molar-refractivity contribution in [2.24, 2.45) is 5.73 Å². The van der Waals surface area contributed by atoms with Crippen LogP contribution in [0.1, 0.15) is 24.4 Å². The Kier molecular flexibility index (Phi) is 4.20. The maximum atomic E-state index is 6.03. The first-order chi connectivity index (χ1) is 6.79. The van der Waals surface area contributed by atoms with E-state index in [1.807, 2.05) is 30.3 Å². The lowest BCUT2D eigenvalue weighted by Gasteiger charge is -2.14. The lowest BCUT2D eigenvalue weighted by Crippen LogP contribution is -2.10. The molecule has 1 atom stereocenters. The van der Waals surface area contributed by atoms with Crippen LogP contribution in [0.15, 0.2) is 36.9 Å². The van der Waals surface area contributed by atoms with Crippen molar-refractivity contribution in [3.05, 3.63) is 42.5 Å². The highest BCUT2D eigenvalue weighted by Crippen LogP contribution is 2.25. The van der Waals surface area contributed by atoms with Gasteiger partial charge in [0.1, 0.15) is 5.75 Å². The summed E-state index contributed by atoms with van der Waals surface area (Å²) in [4.78, 5) is 0. The normalized spacial score (nSPS) is 12.1. The van der Waals surface area contributed by atoms with Gasteiger partial charge in [0.2, 0.25) is 0 Å². The molecule has 0 heterocycles. The first kappa shape index (κ1) is 10.8. The minimum atomic E-state index is 0.0316. The fourth-order valence-electron chi connectivity index (χ4n) is 1.43. The second-order valence-corrected chi connectivity index (χ2v) is 3.21. The molecular formula is C12H17NO. The third-order valence-corrected chi connectivity index (χ3v) is 2.22. The number of ether oxygens (including phenoxy) is 1. The Balaban J connectivity index is 2.77. The van der Waals surface area contributed by atoms with Crippen molar-refractivity contribution in [3.63, 3.8) is 0 Å². The maximum Gasteiger partial charge on any atom is 0.123 e. The summed E-state index contributed by atoms with van der Waals surface area (Å²) in [7, 11) is 1.67. The van der Waals surface area contributed by atoms with Gasteiger partial charge in [-0.25, -0.2) is 0 Å². The minimum absolute atomic E-state index is 0.0316. The van der Waals surface area contributed by atoms with Crippen molar-refractivity contribution in [2.45, 2.75) is 18.9 Å². The molecule has 0 saturated carbocycles. The van der Waals surface area contributed by atoms with Crippen LogP contribution in [0.25, 0.3) is 0 Å². The van der Waals surface area contributed by atoms with Gasteiger partial charge >= 0.3 is 0 Å². The molecular weight excluding hydrogens is 174 g/mol. The molecule has 0 spiro atoms. The zero-order valence-corrected chi connectivity index (χ0v) is 8.57. The van der Waals surface area contributed by atoms with Crippen molar-refractivity contribution in [1.82, 2.24) is 0 Å². The molecule has 0 aliphatic rings. The van der Waals surface area contributed by atoms with Crippen LogP contribution in [0.5, 0.6) is 5.75 Å². The first-order valence-corrected chi connectivity index (χ1v) is 4.79. The van der Waals surface area contributed by atoms with E-state index >= 15 is 0 Å². The third kappa shape index (κ3) is 2.60. The number of benzene rings is 1. The minimum Gasteiger partial charge on any atom is -0.496 e. The van der Waals surface area contributed by atoms with Crippen LogP contribution in [-0.4, -0.2) is 7.11 Å². The molecule has 2 nitrogen and oxygen atoms in total. The SMILES string of the molecule is C=CCCC(N)c1ccccc1OC. The van der Waals surface area contributed by atoms with Gasteiger partial charge in [-0.1, -0.05) is 24.3 Å². The predicted octanol–water partition coefficient (Wildman–Crippen LogP) is 2.66. The Labute approximate surface area is 85.4 Å². The predicted molar refractivity (Wildman–Crippen MR) is 59.4 cm³/mol. The molecule has 1 unspecified atom stereocenters. The fourth-order valence-corrected chi connectivity index (χ4v) is 1.43. The summed E-state index contributed by atoms with van der Waals surface area (Å²) >= 11 is 0. The Morgan fingerprint density at radius 3 is 2.86 bits per heavy atom. The Morgan fingerprint density at radius 2 is 2.21 bits per heavy atom. The Bertz CT molecular complexity index is 296. The third-order valence-electron chi connectivity index (χ3n) is 2.22. The van der Waals surface area contributed by atoms with E-state index in [9.17, 15) is 0 Å². The van der Waals surface area contributed by atoms with Crippen molar-refractivity contribution in [2.75, 3.05) is 7.11 Å². The van der Waals surface area contributed by atoms with Gasteiger partial charge in [0.15, 0.2) is 0 Å². The van der Waals surface area contributed by atoms with Crippen molar-refractivity contribution < 1.29 is 4.74 Å². The molecule has 1 aromatic rings. The van der Waals surface area contributed by atoms with Crippen LogP contribution < -0.4 is 10.5 Å². The van der Waals surface area contributed by atoms with Crippen LogP contribution in [0, 0.1) is 0 Å². The smallest absolute Gasteiger partial charge is 0.123 e. The standard InChI is InChI=1S/C12H17NO/c1-3-4-8-11(13)10-7-5-6-9-12(10)14-2/h3,5-7,9,11H,1,4,8,13H2,2H3. The van der Waals surface area contributed by atoms with Crippen LogP contribution >= 0.6 is 0 Å². The molecule has 0 amide bonds. The molecule has 0 fully saturated rings. The number of allylic oxidation sites excluding steroid dienone is 1. The van der Waals surface area contributed by atoms with Gasteiger partial charge in [-0.3, -0.25) is 0 Å². The summed E-state index contributed by atoms with van der Waals surface area (Å²) in [5.41, 5.74) is 7.10. The van der Waals surface area contributed by atoms with E-state index in [-0.39, 0.29) is 6.04 Å². The van der Waals surface area contributed by atoms with Gasteiger partial charge in [0.05, 0.1) is 7.11 Å². The zero-order valence-electron chi connectivity index (χ0n) is 8.57. The second-order valence-electron chi connectivity index (χ2n) is 3.21. The van der Waals surface area contributed by atoms with Crippen molar-refractivity contribution in [3.8, 4) is 5.75 Å². The molecule has 2 heteroatoms. The Morgan fingerprint density at radius 1 is 1.50 bits per heavy atom. The second kappa shape index (κ2) is 5.45. The van der Waals surface area contributed by atoms with Gasteiger partial charge in [-0.15, -0.1) is 6.58 Å². The number of nitrogens with two attached hydrogens (primary N) is 1. The van der Waals surface area contributed by atoms with Crippen LogP contribution in [0.2, 0.25) is 0 Å². The highest BCUT2D eigenvalue weighted by Gasteiger charge is 2.09. The molecule has 1 rings (SSSR count). The molecule has 14 heavy (non-hydrogen) atoms. The lowest BCUT2D eigenvalue weighted by atomic mass is 10.0. The quantitative estimate of drug-likeness (QED) is 0.726. The van der Waals surface area contributed by atoms with Crippen LogP contribution in [-0.2, 0) is 0 Å². The van der Waals surface area contributed by atoms with E-state index < -0.39 is 0 Å². The molecule has 0 aliphatic carbocycles. The van der Waals surface area contributed by atoms with E-state index in [0.29, 0.717) is 0 Å². The molecule has 1 aromatic carbocycles. The number of methoxy groups -OCH3 is 1. The number of para-hydroxylation sites is 1. The van der Waals surface area contributed by atoms with Gasteiger partial charge in [0, 0.05) is 11.6 Å². The molecule has 0 aliphatic heterocycles. The van der Waals surface area contributed by atoms with Crippen molar-refractivity contribution >= 4 is 0 Å². The monoisotopic (exact) mass is 191 g/mol. The van der Waals surface area contributed by atoms with Gasteiger partial charge in [0.25, 0.3) is 0 Å². The summed E-state index contributed by atoms with van der Waals surface area (Å²) < 4.78 is 5.24. The highest BCUT2D eigenvalue weighted by molar-refractivity contribution is 5.35. The average molecular weight is 191 g/mol. The summed E-state index contributed by atoms with van der Waals surface area (Å²) in [6.07, 6.45) is 3.72. The maximum absolute atomic E-state index is 6.03. The van der Waals surface area contributed by atoms with Crippen molar-refractivity contribution in [1.29, 1.82) is 0 Å². The van der Waals surface area contributed by atoms with Crippen LogP contribution in [0.3, 0.4) is 0 Å². The molecule has 0 bridgehead atoms. The molecule has 0 aromatic heterocycles. The number of rotatable bonds is 5. The summed E-state index contributed by atoms with van der Waals surface area (Å²) in [6.45, 7) is 3.68. The van der Waals surface area contributed by atoms with E-state index in [4.69, 9.17) is 10.5 Å². The van der Waals surface area contributed by atoms with Crippen LogP contribution in [0.4, 0.5) is 0 Å². The van der Waals surface area contributed by atoms with Gasteiger partial charge < -0.3 is 10.5 Å². The zero-order chi connectivity index (χ0) is 10.4. The van der Waals surface area contributed by atoms with E-state index in [0.717, 1.165) is 24.2 Å².